The monoisotopic (exact) mass is 337 g/mol. The highest BCUT2D eigenvalue weighted by molar-refractivity contribution is 5.76. The van der Waals surface area contributed by atoms with E-state index in [1.165, 1.54) is 6.07 Å². The number of hydrogen-bond acceptors (Lipinski definition) is 2. The van der Waals surface area contributed by atoms with Crippen molar-refractivity contribution in [2.24, 2.45) is 0 Å². The molecule has 0 aliphatic carbocycles. The Morgan fingerprint density at radius 1 is 1.08 bits per heavy atom. The van der Waals surface area contributed by atoms with Gasteiger partial charge < -0.3 is 10.1 Å². The van der Waals surface area contributed by atoms with Crippen LogP contribution in [0.4, 0.5) is 13.2 Å². The number of amides is 1. The summed E-state index contributed by atoms with van der Waals surface area (Å²) in [5.74, 6) is 0.507. The summed E-state index contributed by atoms with van der Waals surface area (Å²) in [6.45, 7) is 0.0703. The molecule has 128 valence electrons. The first-order valence-corrected chi connectivity index (χ1v) is 7.44. The lowest BCUT2D eigenvalue weighted by Gasteiger charge is -2.10. The maximum atomic E-state index is 12.6. The first-order valence-electron chi connectivity index (χ1n) is 7.44. The fraction of sp³-hybridized carbons (Fsp3) is 0.278. The molecule has 0 bridgehead atoms. The second-order valence-corrected chi connectivity index (χ2v) is 5.33. The van der Waals surface area contributed by atoms with Gasteiger partial charge in [-0.25, -0.2) is 0 Å². The normalized spacial score (nSPS) is 11.2. The summed E-state index contributed by atoms with van der Waals surface area (Å²) in [5.41, 5.74) is 0.661. The van der Waals surface area contributed by atoms with E-state index < -0.39 is 11.7 Å². The molecule has 2 rings (SSSR count). The van der Waals surface area contributed by atoms with Crippen LogP contribution in [0.5, 0.6) is 5.75 Å². The number of carbonyl (C=O) groups excluding carboxylic acids is 1. The minimum Gasteiger partial charge on any atom is -0.497 e. The molecule has 2 aromatic rings. The molecule has 1 N–H and O–H groups in total. The molecule has 6 heteroatoms. The van der Waals surface area contributed by atoms with Crippen molar-refractivity contribution in [1.29, 1.82) is 0 Å². The fourth-order valence-corrected chi connectivity index (χ4v) is 2.23. The number of ether oxygens (including phenoxy) is 1. The van der Waals surface area contributed by atoms with Crippen LogP contribution < -0.4 is 10.1 Å². The van der Waals surface area contributed by atoms with Crippen LogP contribution in [0.25, 0.3) is 0 Å². The van der Waals surface area contributed by atoms with Gasteiger partial charge in [0.1, 0.15) is 5.75 Å². The van der Waals surface area contributed by atoms with Gasteiger partial charge in [0.05, 0.1) is 12.7 Å². The van der Waals surface area contributed by atoms with Gasteiger partial charge in [0.2, 0.25) is 5.91 Å². The fourth-order valence-electron chi connectivity index (χ4n) is 2.23. The Kier molecular flexibility index (Phi) is 5.84. The van der Waals surface area contributed by atoms with Gasteiger partial charge in [0.15, 0.2) is 0 Å². The molecule has 0 saturated heterocycles. The lowest BCUT2D eigenvalue weighted by molar-refractivity contribution is -0.137. The van der Waals surface area contributed by atoms with Gasteiger partial charge >= 0.3 is 6.18 Å². The number of halogens is 3. The molecule has 3 nitrogen and oxygen atoms in total. The molecule has 0 aliphatic heterocycles. The van der Waals surface area contributed by atoms with Gasteiger partial charge in [-0.05, 0) is 41.8 Å². The highest BCUT2D eigenvalue weighted by atomic mass is 19.4. The van der Waals surface area contributed by atoms with E-state index in [2.05, 4.69) is 5.32 Å². The highest BCUT2D eigenvalue weighted by Crippen LogP contribution is 2.29. The number of benzene rings is 2. The van der Waals surface area contributed by atoms with Crippen molar-refractivity contribution in [2.75, 3.05) is 7.11 Å². The van der Waals surface area contributed by atoms with Crippen molar-refractivity contribution >= 4 is 5.91 Å². The lowest BCUT2D eigenvalue weighted by Crippen LogP contribution is -2.23. The SMILES string of the molecule is COc1cccc(CCC(=O)NCc2cccc(C(F)(F)F)c2)c1. The highest BCUT2D eigenvalue weighted by Gasteiger charge is 2.30. The number of nitrogens with one attached hydrogen (secondary N) is 1. The number of alkyl halides is 3. The molecule has 0 heterocycles. The Bertz CT molecular complexity index is 699. The van der Waals surface area contributed by atoms with Crippen LogP contribution in [0.2, 0.25) is 0 Å². The Morgan fingerprint density at radius 3 is 2.50 bits per heavy atom. The van der Waals surface area contributed by atoms with E-state index in [-0.39, 0.29) is 18.9 Å². The van der Waals surface area contributed by atoms with Crippen LogP contribution in [-0.2, 0) is 23.9 Å². The van der Waals surface area contributed by atoms with E-state index >= 15 is 0 Å². The quantitative estimate of drug-likeness (QED) is 0.866. The van der Waals surface area contributed by atoms with E-state index in [4.69, 9.17) is 4.74 Å². The van der Waals surface area contributed by atoms with Gasteiger partial charge in [-0.3, -0.25) is 4.79 Å². The molecular weight excluding hydrogens is 319 g/mol. The van der Waals surface area contributed by atoms with Crippen molar-refractivity contribution in [1.82, 2.24) is 5.32 Å². The first kappa shape index (κ1) is 17.8. The summed E-state index contributed by atoms with van der Waals surface area (Å²) in [7, 11) is 1.57. The van der Waals surface area contributed by atoms with Crippen LogP contribution in [0.3, 0.4) is 0 Å². The summed E-state index contributed by atoms with van der Waals surface area (Å²) in [5, 5.41) is 2.64. The molecule has 0 aromatic heterocycles. The molecule has 24 heavy (non-hydrogen) atoms. The summed E-state index contributed by atoms with van der Waals surface area (Å²) < 4.78 is 43.0. The maximum Gasteiger partial charge on any atom is 0.416 e. The van der Waals surface area contributed by atoms with E-state index in [9.17, 15) is 18.0 Å². The average Bonchev–Trinajstić information content (AvgIpc) is 2.58. The second-order valence-electron chi connectivity index (χ2n) is 5.33. The number of carbonyl (C=O) groups is 1. The molecule has 0 atom stereocenters. The average molecular weight is 337 g/mol. The van der Waals surface area contributed by atoms with Crippen LogP contribution in [0.15, 0.2) is 48.5 Å². The van der Waals surface area contributed by atoms with Gasteiger partial charge in [-0.2, -0.15) is 13.2 Å². The Morgan fingerprint density at radius 2 is 1.79 bits per heavy atom. The van der Waals surface area contributed by atoms with Crippen LogP contribution in [0.1, 0.15) is 23.1 Å². The van der Waals surface area contributed by atoms with Gasteiger partial charge in [-0.1, -0.05) is 24.3 Å². The van der Waals surface area contributed by atoms with E-state index in [1.807, 2.05) is 24.3 Å². The minimum atomic E-state index is -4.38. The van der Waals surface area contributed by atoms with Crippen molar-refractivity contribution in [2.45, 2.75) is 25.6 Å². The topological polar surface area (TPSA) is 38.3 Å². The Balaban J connectivity index is 1.85. The van der Waals surface area contributed by atoms with Crippen LogP contribution in [-0.4, -0.2) is 13.0 Å². The van der Waals surface area contributed by atoms with E-state index in [1.54, 1.807) is 13.2 Å². The van der Waals surface area contributed by atoms with Gasteiger partial charge in [0, 0.05) is 13.0 Å². The summed E-state index contributed by atoms with van der Waals surface area (Å²) in [6, 6.07) is 12.3. The maximum absolute atomic E-state index is 12.6. The summed E-state index contributed by atoms with van der Waals surface area (Å²) in [4.78, 5) is 11.9. The zero-order valence-electron chi connectivity index (χ0n) is 13.2. The van der Waals surface area contributed by atoms with Crippen LogP contribution in [0, 0.1) is 0 Å². The zero-order valence-corrected chi connectivity index (χ0v) is 13.2. The lowest BCUT2D eigenvalue weighted by atomic mass is 10.1. The largest absolute Gasteiger partial charge is 0.497 e. The third-order valence-corrected chi connectivity index (χ3v) is 3.52. The zero-order chi connectivity index (χ0) is 17.6. The van der Waals surface area contributed by atoms with Crippen molar-refractivity contribution in [3.63, 3.8) is 0 Å². The molecule has 2 aromatic carbocycles. The van der Waals surface area contributed by atoms with Crippen molar-refractivity contribution in [3.8, 4) is 5.75 Å². The third-order valence-electron chi connectivity index (χ3n) is 3.52. The number of rotatable bonds is 6. The van der Waals surface area contributed by atoms with E-state index in [0.29, 0.717) is 12.0 Å². The molecule has 0 radical (unpaired) electrons. The number of aryl methyl sites for hydroxylation is 1. The van der Waals surface area contributed by atoms with Crippen molar-refractivity contribution < 1.29 is 22.7 Å². The summed E-state index contributed by atoms with van der Waals surface area (Å²) >= 11 is 0. The smallest absolute Gasteiger partial charge is 0.416 e. The number of methoxy groups -OCH3 is 1. The summed E-state index contributed by atoms with van der Waals surface area (Å²) in [6.07, 6.45) is -3.59. The Hall–Kier alpha value is -2.50. The van der Waals surface area contributed by atoms with Crippen LogP contribution >= 0.6 is 0 Å². The third kappa shape index (κ3) is 5.30. The molecular formula is C18H18F3NO2. The second kappa shape index (κ2) is 7.86. The van der Waals surface area contributed by atoms with Crippen molar-refractivity contribution in [3.05, 3.63) is 65.2 Å². The molecule has 0 unspecified atom stereocenters. The van der Waals surface area contributed by atoms with Gasteiger partial charge in [-0.15, -0.1) is 0 Å². The molecule has 0 spiro atoms. The predicted octanol–water partition coefficient (Wildman–Crippen LogP) is 3.96. The number of hydrogen-bond donors (Lipinski definition) is 1. The van der Waals surface area contributed by atoms with E-state index in [0.717, 1.165) is 23.4 Å². The molecule has 0 aliphatic rings. The first-order chi connectivity index (χ1) is 11.4. The minimum absolute atomic E-state index is 0.0703. The standard InChI is InChI=1S/C18H18F3NO2/c1-24-16-7-3-4-13(11-16)8-9-17(23)22-12-14-5-2-6-15(10-14)18(19,20)21/h2-7,10-11H,8-9,12H2,1H3,(H,22,23). The van der Waals surface area contributed by atoms with Gasteiger partial charge in [0.25, 0.3) is 0 Å². The molecule has 1 amide bonds. The molecule has 0 fully saturated rings. The predicted molar refractivity (Wildman–Crippen MR) is 84.6 cm³/mol. The molecule has 0 saturated carbocycles. The Labute approximate surface area is 138 Å².